The standard InChI is InChI=1S/C21H24N4O2S/c1-15-18(16(2)25(23-15)13-17-8-5-4-6-9-17)12-22-20(26)14-24(3)21(27)19-10-7-11-28-19/h4-11H,12-14H2,1-3H3,(H,22,26). The van der Waals surface area contributed by atoms with Crippen molar-refractivity contribution in [3.63, 3.8) is 0 Å². The Bertz CT molecular complexity index is 948. The van der Waals surface area contributed by atoms with Crippen molar-refractivity contribution in [3.8, 4) is 0 Å². The predicted molar refractivity (Wildman–Crippen MR) is 110 cm³/mol. The van der Waals surface area contributed by atoms with Gasteiger partial charge in [0.25, 0.3) is 5.91 Å². The first-order valence-corrected chi connectivity index (χ1v) is 9.96. The highest BCUT2D eigenvalue weighted by Gasteiger charge is 2.17. The van der Waals surface area contributed by atoms with Crippen molar-refractivity contribution in [2.24, 2.45) is 0 Å². The lowest BCUT2D eigenvalue weighted by molar-refractivity contribution is -0.121. The van der Waals surface area contributed by atoms with E-state index < -0.39 is 0 Å². The molecule has 0 bridgehead atoms. The molecule has 28 heavy (non-hydrogen) atoms. The number of rotatable bonds is 7. The molecule has 0 saturated heterocycles. The molecule has 3 aromatic rings. The molecule has 0 saturated carbocycles. The number of likely N-dealkylation sites (N-methyl/N-ethyl adjacent to an activating group) is 1. The van der Waals surface area contributed by atoms with Gasteiger partial charge in [-0.05, 0) is 30.9 Å². The average Bonchev–Trinajstić information content (AvgIpc) is 3.30. The van der Waals surface area contributed by atoms with Crippen LogP contribution in [0, 0.1) is 13.8 Å². The maximum Gasteiger partial charge on any atom is 0.264 e. The Morgan fingerprint density at radius 1 is 1.14 bits per heavy atom. The molecule has 0 aliphatic rings. The van der Waals surface area contributed by atoms with Crippen molar-refractivity contribution in [1.29, 1.82) is 0 Å². The summed E-state index contributed by atoms with van der Waals surface area (Å²) in [4.78, 5) is 26.6. The number of aryl methyl sites for hydroxylation is 1. The lowest BCUT2D eigenvalue weighted by Crippen LogP contribution is -2.38. The highest BCUT2D eigenvalue weighted by molar-refractivity contribution is 7.12. The molecule has 2 amide bonds. The number of nitrogens with zero attached hydrogens (tertiary/aromatic N) is 3. The Morgan fingerprint density at radius 3 is 2.57 bits per heavy atom. The fourth-order valence-electron chi connectivity index (χ4n) is 3.02. The van der Waals surface area contributed by atoms with E-state index in [9.17, 15) is 9.59 Å². The predicted octanol–water partition coefficient (Wildman–Crippen LogP) is 3.00. The van der Waals surface area contributed by atoms with Gasteiger partial charge in [0.1, 0.15) is 0 Å². The number of aromatic nitrogens is 2. The van der Waals surface area contributed by atoms with Crippen LogP contribution < -0.4 is 5.32 Å². The zero-order valence-corrected chi connectivity index (χ0v) is 17.1. The lowest BCUT2D eigenvalue weighted by atomic mass is 10.2. The van der Waals surface area contributed by atoms with Gasteiger partial charge in [-0.15, -0.1) is 11.3 Å². The highest BCUT2D eigenvalue weighted by Crippen LogP contribution is 2.15. The van der Waals surface area contributed by atoms with Crippen LogP contribution in [0.4, 0.5) is 0 Å². The van der Waals surface area contributed by atoms with Gasteiger partial charge < -0.3 is 10.2 Å². The maximum atomic E-state index is 12.3. The normalized spacial score (nSPS) is 10.7. The van der Waals surface area contributed by atoms with Crippen LogP contribution in [0.5, 0.6) is 0 Å². The van der Waals surface area contributed by atoms with Crippen molar-refractivity contribution in [3.05, 3.63) is 75.2 Å². The van der Waals surface area contributed by atoms with Gasteiger partial charge in [0.15, 0.2) is 0 Å². The van der Waals surface area contributed by atoms with Gasteiger partial charge >= 0.3 is 0 Å². The second-order valence-corrected chi connectivity index (χ2v) is 7.66. The van der Waals surface area contributed by atoms with Gasteiger partial charge in [0.05, 0.1) is 23.7 Å². The quantitative estimate of drug-likeness (QED) is 0.668. The SMILES string of the molecule is Cc1nn(Cc2ccccc2)c(C)c1CNC(=O)CN(C)C(=O)c1cccs1. The number of carbonyl (C=O) groups excluding carboxylic acids is 2. The van der Waals surface area contributed by atoms with Crippen molar-refractivity contribution in [2.75, 3.05) is 13.6 Å². The molecule has 146 valence electrons. The fraction of sp³-hybridized carbons (Fsp3) is 0.286. The number of benzene rings is 1. The van der Waals surface area contributed by atoms with E-state index in [0.29, 0.717) is 18.0 Å². The summed E-state index contributed by atoms with van der Waals surface area (Å²) in [5, 5.41) is 9.36. The Morgan fingerprint density at radius 2 is 1.89 bits per heavy atom. The van der Waals surface area contributed by atoms with Crippen LogP contribution in [-0.2, 0) is 17.9 Å². The van der Waals surface area contributed by atoms with E-state index in [2.05, 4.69) is 22.5 Å². The second kappa shape index (κ2) is 8.84. The Balaban J connectivity index is 1.58. The Hall–Kier alpha value is -2.93. The smallest absolute Gasteiger partial charge is 0.264 e. The molecule has 0 radical (unpaired) electrons. The molecule has 0 spiro atoms. The molecule has 7 heteroatoms. The molecule has 0 fully saturated rings. The van der Waals surface area contributed by atoms with Gasteiger partial charge in [-0.2, -0.15) is 5.10 Å². The first-order valence-electron chi connectivity index (χ1n) is 9.08. The summed E-state index contributed by atoms with van der Waals surface area (Å²) in [6, 6.07) is 13.7. The van der Waals surface area contributed by atoms with E-state index in [1.807, 2.05) is 48.2 Å². The third kappa shape index (κ3) is 4.67. The lowest BCUT2D eigenvalue weighted by Gasteiger charge is -2.16. The summed E-state index contributed by atoms with van der Waals surface area (Å²) in [6.07, 6.45) is 0. The van der Waals surface area contributed by atoms with E-state index in [-0.39, 0.29) is 18.4 Å². The van der Waals surface area contributed by atoms with E-state index >= 15 is 0 Å². The molecular weight excluding hydrogens is 372 g/mol. The minimum absolute atomic E-state index is 0.0208. The third-order valence-electron chi connectivity index (χ3n) is 4.63. The van der Waals surface area contributed by atoms with Crippen molar-refractivity contribution < 1.29 is 9.59 Å². The van der Waals surface area contributed by atoms with Gasteiger partial charge in [-0.3, -0.25) is 14.3 Å². The molecule has 3 rings (SSSR count). The van der Waals surface area contributed by atoms with E-state index in [1.54, 1.807) is 13.1 Å². The minimum atomic E-state index is -0.193. The Kier molecular flexibility index (Phi) is 6.26. The molecule has 2 aromatic heterocycles. The van der Waals surface area contributed by atoms with Crippen LogP contribution >= 0.6 is 11.3 Å². The zero-order valence-electron chi connectivity index (χ0n) is 16.3. The zero-order chi connectivity index (χ0) is 20.1. The molecule has 0 atom stereocenters. The largest absolute Gasteiger partial charge is 0.350 e. The number of hydrogen-bond acceptors (Lipinski definition) is 4. The number of hydrogen-bond donors (Lipinski definition) is 1. The van der Waals surface area contributed by atoms with Crippen LogP contribution in [0.15, 0.2) is 47.8 Å². The molecule has 0 unspecified atom stereocenters. The maximum absolute atomic E-state index is 12.3. The van der Waals surface area contributed by atoms with Crippen LogP contribution in [0.25, 0.3) is 0 Å². The summed E-state index contributed by atoms with van der Waals surface area (Å²) in [6.45, 7) is 5.07. The Labute approximate surface area is 168 Å². The number of thiophene rings is 1. The molecule has 6 nitrogen and oxygen atoms in total. The molecule has 1 N–H and O–H groups in total. The van der Waals surface area contributed by atoms with Crippen LogP contribution in [0.2, 0.25) is 0 Å². The van der Waals surface area contributed by atoms with Gasteiger partial charge in [0.2, 0.25) is 5.91 Å². The van der Waals surface area contributed by atoms with Crippen molar-refractivity contribution in [2.45, 2.75) is 26.9 Å². The monoisotopic (exact) mass is 396 g/mol. The van der Waals surface area contributed by atoms with Crippen LogP contribution in [0.3, 0.4) is 0 Å². The fourth-order valence-corrected chi connectivity index (χ4v) is 3.74. The number of carbonyl (C=O) groups is 2. The molecule has 0 aliphatic heterocycles. The summed E-state index contributed by atoms with van der Waals surface area (Å²) in [5.74, 6) is -0.338. The topological polar surface area (TPSA) is 67.2 Å². The first-order chi connectivity index (χ1) is 13.5. The number of nitrogens with one attached hydrogen (secondary N) is 1. The molecular formula is C21H24N4O2S. The molecule has 0 aliphatic carbocycles. The van der Waals surface area contributed by atoms with E-state index in [0.717, 1.165) is 17.0 Å². The first kappa shape index (κ1) is 19.8. The summed E-state index contributed by atoms with van der Waals surface area (Å²) >= 11 is 1.37. The van der Waals surface area contributed by atoms with Gasteiger partial charge in [-0.1, -0.05) is 36.4 Å². The van der Waals surface area contributed by atoms with E-state index in [1.165, 1.54) is 21.8 Å². The molecule has 1 aromatic carbocycles. The third-order valence-corrected chi connectivity index (χ3v) is 5.49. The van der Waals surface area contributed by atoms with Crippen LogP contribution in [0.1, 0.15) is 32.2 Å². The van der Waals surface area contributed by atoms with Crippen molar-refractivity contribution in [1.82, 2.24) is 20.0 Å². The minimum Gasteiger partial charge on any atom is -0.350 e. The molecule has 2 heterocycles. The summed E-state index contributed by atoms with van der Waals surface area (Å²) in [5.41, 5.74) is 4.12. The summed E-state index contributed by atoms with van der Waals surface area (Å²) < 4.78 is 1.96. The number of amides is 2. The average molecular weight is 397 g/mol. The van der Waals surface area contributed by atoms with Gasteiger partial charge in [-0.25, -0.2) is 0 Å². The highest BCUT2D eigenvalue weighted by atomic mass is 32.1. The van der Waals surface area contributed by atoms with E-state index in [4.69, 9.17) is 0 Å². The van der Waals surface area contributed by atoms with Gasteiger partial charge in [0, 0.05) is 24.8 Å². The van der Waals surface area contributed by atoms with Crippen molar-refractivity contribution >= 4 is 23.2 Å². The second-order valence-electron chi connectivity index (χ2n) is 6.71. The van der Waals surface area contributed by atoms with Crippen LogP contribution in [-0.4, -0.2) is 40.1 Å². The summed E-state index contributed by atoms with van der Waals surface area (Å²) in [7, 11) is 1.63.